The van der Waals surface area contributed by atoms with E-state index in [0.29, 0.717) is 22.6 Å². The van der Waals surface area contributed by atoms with Crippen molar-refractivity contribution in [2.45, 2.75) is 6.10 Å². The molecule has 192 valence electrons. The fourth-order valence-corrected chi connectivity index (χ4v) is 5.18. The van der Waals surface area contributed by atoms with Crippen molar-refractivity contribution in [2.24, 2.45) is 0 Å². The van der Waals surface area contributed by atoms with Gasteiger partial charge in [-0.1, -0.05) is 0 Å². The van der Waals surface area contributed by atoms with Gasteiger partial charge in [0, 0.05) is 67.5 Å². The smallest absolute Gasteiger partial charge is 0.255 e. The second kappa shape index (κ2) is 9.95. The highest BCUT2D eigenvalue weighted by Crippen LogP contribution is 2.40. The van der Waals surface area contributed by atoms with Gasteiger partial charge < -0.3 is 34.6 Å². The van der Waals surface area contributed by atoms with Crippen LogP contribution in [0.5, 0.6) is 11.5 Å². The molecular weight excluding hydrogens is 468 g/mol. The number of rotatable bonds is 4. The molecule has 2 aromatic carbocycles. The van der Waals surface area contributed by atoms with Gasteiger partial charge in [-0.15, -0.1) is 0 Å². The van der Waals surface area contributed by atoms with Crippen LogP contribution in [0.1, 0.15) is 15.9 Å². The van der Waals surface area contributed by atoms with Gasteiger partial charge in [0.15, 0.2) is 11.5 Å². The molecule has 1 unspecified atom stereocenters. The zero-order chi connectivity index (χ0) is 25.4. The highest BCUT2D eigenvalue weighted by molar-refractivity contribution is 6.05. The summed E-state index contributed by atoms with van der Waals surface area (Å²) in [7, 11) is 2.15. The number of morpholine rings is 1. The first-order valence-corrected chi connectivity index (χ1v) is 12.9. The highest BCUT2D eigenvalue weighted by Gasteiger charge is 2.27. The normalized spacial score (nSPS) is 21.4. The number of benzene rings is 2. The van der Waals surface area contributed by atoms with Gasteiger partial charge in [0.25, 0.3) is 5.91 Å². The van der Waals surface area contributed by atoms with Crippen LogP contribution in [0, 0.1) is 0 Å². The molecule has 4 aliphatic rings. The molecule has 2 N–H and O–H groups in total. The number of phenols is 1. The Hall–Kier alpha value is -3.75. The van der Waals surface area contributed by atoms with E-state index in [9.17, 15) is 9.90 Å². The maximum absolute atomic E-state index is 13.1. The van der Waals surface area contributed by atoms with E-state index >= 15 is 0 Å². The van der Waals surface area contributed by atoms with E-state index in [-0.39, 0.29) is 17.8 Å². The molecule has 1 atom stereocenters. The van der Waals surface area contributed by atoms with Crippen molar-refractivity contribution in [3.8, 4) is 11.5 Å². The number of hydrogen-bond acceptors (Lipinski definition) is 7. The molecule has 1 amide bonds. The van der Waals surface area contributed by atoms with Crippen molar-refractivity contribution >= 4 is 23.4 Å². The Balaban J connectivity index is 1.19. The Labute approximate surface area is 217 Å². The molecule has 8 heteroatoms. The molecule has 0 bridgehead atoms. The minimum atomic E-state index is -0.282. The van der Waals surface area contributed by atoms with Crippen LogP contribution in [0.25, 0.3) is 6.08 Å². The van der Waals surface area contributed by atoms with Crippen molar-refractivity contribution in [2.75, 3.05) is 69.7 Å². The topological polar surface area (TPSA) is 77.5 Å². The zero-order valence-corrected chi connectivity index (χ0v) is 21.0. The molecule has 3 heterocycles. The lowest BCUT2D eigenvalue weighted by Crippen LogP contribution is -2.44. The summed E-state index contributed by atoms with van der Waals surface area (Å²) in [4.78, 5) is 20.0. The number of nitrogens with one attached hydrogen (secondary N) is 1. The van der Waals surface area contributed by atoms with Crippen LogP contribution in [0.3, 0.4) is 0 Å². The van der Waals surface area contributed by atoms with E-state index in [4.69, 9.17) is 9.47 Å². The number of carbonyl (C=O) groups is 1. The van der Waals surface area contributed by atoms with Gasteiger partial charge in [-0.25, -0.2) is 0 Å². The maximum atomic E-state index is 13.1. The third-order valence-corrected chi connectivity index (χ3v) is 7.38. The summed E-state index contributed by atoms with van der Waals surface area (Å²) in [5, 5.41) is 13.6. The third kappa shape index (κ3) is 4.95. The number of anilines is 2. The standard InChI is InChI=1S/C29H32N4O4/c1-31-8-10-32(11-9-31)25-6-7-27-20(18-25)16-21-17-22(19-26(34)28(21)37-27)29(35)30-23-2-4-24(5-3-23)33-12-14-36-15-13-33/h2-7,16-19,27,34H,8-15H2,1H3,(H,30,35). The Morgan fingerprint density at radius 3 is 2.49 bits per heavy atom. The first-order valence-electron chi connectivity index (χ1n) is 12.9. The van der Waals surface area contributed by atoms with Crippen LogP contribution in [-0.4, -0.2) is 86.4 Å². The molecule has 8 nitrogen and oxygen atoms in total. The fraction of sp³-hybridized carbons (Fsp3) is 0.345. The van der Waals surface area contributed by atoms with Crippen molar-refractivity contribution in [3.63, 3.8) is 0 Å². The Kier molecular flexibility index (Phi) is 6.36. The average molecular weight is 501 g/mol. The first-order chi connectivity index (χ1) is 18.0. The highest BCUT2D eigenvalue weighted by atomic mass is 16.5. The SMILES string of the molecule is CN1CCN(C2=CC3=Cc4cc(C(=O)Nc5ccc(N6CCOCC6)cc5)cc(O)c4OC3C=C2)CC1. The lowest BCUT2D eigenvalue weighted by atomic mass is 9.95. The molecule has 3 aliphatic heterocycles. The van der Waals surface area contributed by atoms with Gasteiger partial charge in [-0.2, -0.15) is 0 Å². The van der Waals surface area contributed by atoms with Gasteiger partial charge in [-0.3, -0.25) is 4.79 Å². The largest absolute Gasteiger partial charge is 0.504 e. The maximum Gasteiger partial charge on any atom is 0.255 e. The van der Waals surface area contributed by atoms with E-state index in [1.165, 1.54) is 11.8 Å². The number of fused-ring (bicyclic) bond motifs is 2. The van der Waals surface area contributed by atoms with Crippen LogP contribution in [-0.2, 0) is 4.74 Å². The number of piperazine rings is 1. The molecule has 2 fully saturated rings. The van der Waals surface area contributed by atoms with Crippen molar-refractivity contribution in [1.29, 1.82) is 0 Å². The van der Waals surface area contributed by atoms with Crippen LogP contribution < -0.4 is 15.0 Å². The molecule has 0 radical (unpaired) electrons. The van der Waals surface area contributed by atoms with E-state index in [0.717, 1.165) is 63.7 Å². The van der Waals surface area contributed by atoms with Crippen molar-refractivity contribution in [1.82, 2.24) is 9.80 Å². The quantitative estimate of drug-likeness (QED) is 0.667. The lowest BCUT2D eigenvalue weighted by Gasteiger charge is -2.36. The summed E-state index contributed by atoms with van der Waals surface area (Å²) in [6.45, 7) is 7.22. The monoisotopic (exact) mass is 500 g/mol. The number of phenolic OH excluding ortho intramolecular Hbond substituents is 1. The van der Waals surface area contributed by atoms with Gasteiger partial charge in [0.05, 0.1) is 13.2 Å². The van der Waals surface area contributed by atoms with E-state index in [1.807, 2.05) is 36.4 Å². The van der Waals surface area contributed by atoms with Crippen LogP contribution in [0.15, 0.2) is 65.9 Å². The summed E-state index contributed by atoms with van der Waals surface area (Å²) < 4.78 is 11.5. The molecule has 1 aliphatic carbocycles. The van der Waals surface area contributed by atoms with E-state index < -0.39 is 0 Å². The molecular formula is C29H32N4O4. The number of aromatic hydroxyl groups is 1. The first kappa shape index (κ1) is 23.6. The van der Waals surface area contributed by atoms with Crippen LogP contribution in [0.2, 0.25) is 0 Å². The molecule has 0 spiro atoms. The minimum Gasteiger partial charge on any atom is -0.504 e. The zero-order valence-electron chi connectivity index (χ0n) is 21.0. The van der Waals surface area contributed by atoms with Crippen molar-refractivity contribution in [3.05, 3.63) is 77.0 Å². The molecule has 2 aromatic rings. The Bertz CT molecular complexity index is 1270. The molecule has 37 heavy (non-hydrogen) atoms. The number of hydrogen-bond donors (Lipinski definition) is 2. The van der Waals surface area contributed by atoms with Crippen molar-refractivity contribution < 1.29 is 19.4 Å². The van der Waals surface area contributed by atoms with Gasteiger partial charge >= 0.3 is 0 Å². The number of likely N-dealkylation sites (N-methyl/N-ethyl adjacent to an activating group) is 1. The predicted molar refractivity (Wildman–Crippen MR) is 144 cm³/mol. The molecule has 6 rings (SSSR count). The van der Waals surface area contributed by atoms with Crippen LogP contribution in [0.4, 0.5) is 11.4 Å². The number of ether oxygens (including phenoxy) is 2. The van der Waals surface area contributed by atoms with E-state index in [1.54, 1.807) is 6.07 Å². The van der Waals surface area contributed by atoms with Gasteiger partial charge in [0.1, 0.15) is 6.10 Å². The predicted octanol–water partition coefficient (Wildman–Crippen LogP) is 3.33. The second-order valence-electron chi connectivity index (χ2n) is 9.92. The van der Waals surface area contributed by atoms with Crippen LogP contribution >= 0.6 is 0 Å². The summed E-state index contributed by atoms with van der Waals surface area (Å²) >= 11 is 0. The summed E-state index contributed by atoms with van der Waals surface area (Å²) in [6, 6.07) is 11.0. The number of amides is 1. The van der Waals surface area contributed by atoms with Gasteiger partial charge in [-0.05, 0) is 73.3 Å². The molecule has 2 saturated heterocycles. The molecule has 0 aromatic heterocycles. The number of allylic oxidation sites excluding steroid dienone is 1. The second-order valence-corrected chi connectivity index (χ2v) is 9.92. The summed E-state index contributed by atoms with van der Waals surface area (Å²) in [5.41, 5.74) is 5.06. The number of nitrogens with zero attached hydrogens (tertiary/aromatic N) is 3. The minimum absolute atomic E-state index is 0.0390. The third-order valence-electron chi connectivity index (χ3n) is 7.38. The molecule has 0 saturated carbocycles. The average Bonchev–Trinajstić information content (AvgIpc) is 2.93. The van der Waals surface area contributed by atoms with Gasteiger partial charge in [0.2, 0.25) is 0 Å². The summed E-state index contributed by atoms with van der Waals surface area (Å²) in [6.07, 6.45) is 8.04. The Morgan fingerprint density at radius 1 is 0.973 bits per heavy atom. The summed E-state index contributed by atoms with van der Waals surface area (Å²) in [5.74, 6) is 0.0825. The van der Waals surface area contributed by atoms with E-state index in [2.05, 4.69) is 39.2 Å². The fourth-order valence-electron chi connectivity index (χ4n) is 5.18. The lowest BCUT2D eigenvalue weighted by molar-refractivity contribution is 0.102. The number of carbonyl (C=O) groups excluding carboxylic acids is 1. The Morgan fingerprint density at radius 2 is 1.73 bits per heavy atom.